The van der Waals surface area contributed by atoms with Crippen molar-refractivity contribution >= 4 is 23.4 Å². The summed E-state index contributed by atoms with van der Waals surface area (Å²) in [5.74, 6) is 1.12. The fourth-order valence-electron chi connectivity index (χ4n) is 1.95. The largest absolute Gasteiger partial charge is 0.304 e. The summed E-state index contributed by atoms with van der Waals surface area (Å²) in [4.78, 5) is 1.24. The molecule has 2 atom stereocenters. The Balaban J connectivity index is 2.26. The molecule has 86 valence electrons. The maximum absolute atomic E-state index is 6.21. The molecule has 1 heterocycles. The van der Waals surface area contributed by atoms with E-state index in [0.717, 1.165) is 17.2 Å². The number of fused-ring (bicyclic) bond motifs is 1. The molecule has 1 N–H and O–H groups in total. The monoisotopic (exact) mass is 253 g/mol. The van der Waals surface area contributed by atoms with Crippen molar-refractivity contribution in [3.8, 4) is 0 Å². The number of thioether (sulfide) groups is 1. The third-order valence-corrected chi connectivity index (χ3v) is 4.45. The van der Waals surface area contributed by atoms with Crippen LogP contribution < -0.4 is 5.32 Å². The molecular formula is C13H16ClNS. The van der Waals surface area contributed by atoms with Gasteiger partial charge in [0.2, 0.25) is 0 Å². The third kappa shape index (κ3) is 2.45. The molecule has 0 amide bonds. The van der Waals surface area contributed by atoms with Crippen LogP contribution in [0.3, 0.4) is 0 Å². The van der Waals surface area contributed by atoms with Crippen LogP contribution in [0.25, 0.3) is 0 Å². The quantitative estimate of drug-likeness (QED) is 0.816. The molecule has 0 spiro atoms. The van der Waals surface area contributed by atoms with E-state index in [0.29, 0.717) is 12.1 Å². The number of rotatable bonds is 3. The van der Waals surface area contributed by atoms with Gasteiger partial charge in [-0.2, -0.15) is 0 Å². The van der Waals surface area contributed by atoms with E-state index in [2.05, 4.69) is 24.9 Å². The van der Waals surface area contributed by atoms with Gasteiger partial charge >= 0.3 is 0 Å². The van der Waals surface area contributed by atoms with Crippen LogP contribution in [0.4, 0.5) is 0 Å². The van der Waals surface area contributed by atoms with Crippen LogP contribution in [0, 0.1) is 0 Å². The molecule has 1 aromatic carbocycles. The van der Waals surface area contributed by atoms with Gasteiger partial charge in [-0.15, -0.1) is 18.3 Å². The lowest BCUT2D eigenvalue weighted by Gasteiger charge is -2.28. The molecule has 0 aliphatic carbocycles. The van der Waals surface area contributed by atoms with E-state index >= 15 is 0 Å². The van der Waals surface area contributed by atoms with Crippen LogP contribution in [-0.4, -0.2) is 11.8 Å². The molecule has 1 nitrogen and oxygen atoms in total. The molecule has 16 heavy (non-hydrogen) atoms. The van der Waals surface area contributed by atoms with Gasteiger partial charge in [0.25, 0.3) is 0 Å². The second-order valence-electron chi connectivity index (χ2n) is 4.04. The lowest BCUT2D eigenvalue weighted by molar-refractivity contribution is 0.483. The summed E-state index contributed by atoms with van der Waals surface area (Å²) in [7, 11) is 0. The van der Waals surface area contributed by atoms with Gasteiger partial charge in [0.15, 0.2) is 0 Å². The smallest absolute Gasteiger partial charge is 0.0545 e. The summed E-state index contributed by atoms with van der Waals surface area (Å²) < 4.78 is 0. The molecule has 0 bridgehead atoms. The Bertz CT molecular complexity index is 392. The van der Waals surface area contributed by atoms with E-state index < -0.39 is 0 Å². The van der Waals surface area contributed by atoms with E-state index in [4.69, 9.17) is 11.6 Å². The van der Waals surface area contributed by atoms with Gasteiger partial charge < -0.3 is 5.32 Å². The molecule has 1 aliphatic rings. The molecule has 2 rings (SSSR count). The van der Waals surface area contributed by atoms with Gasteiger partial charge in [-0.25, -0.2) is 0 Å². The van der Waals surface area contributed by atoms with Gasteiger partial charge in [-0.1, -0.05) is 29.8 Å². The fourth-order valence-corrected chi connectivity index (χ4v) is 3.43. The minimum absolute atomic E-state index is 0.333. The zero-order valence-electron chi connectivity index (χ0n) is 9.37. The zero-order chi connectivity index (χ0) is 11.5. The van der Waals surface area contributed by atoms with Crippen molar-refractivity contribution in [2.45, 2.75) is 30.3 Å². The third-order valence-electron chi connectivity index (χ3n) is 2.84. The Labute approximate surface area is 106 Å². The lowest BCUT2D eigenvalue weighted by Crippen LogP contribution is -2.31. The van der Waals surface area contributed by atoms with Crippen molar-refractivity contribution in [3.63, 3.8) is 0 Å². The van der Waals surface area contributed by atoms with Crippen molar-refractivity contribution in [1.29, 1.82) is 0 Å². The van der Waals surface area contributed by atoms with Crippen molar-refractivity contribution in [1.82, 2.24) is 5.32 Å². The van der Waals surface area contributed by atoms with Crippen molar-refractivity contribution in [2.75, 3.05) is 5.75 Å². The summed E-state index contributed by atoms with van der Waals surface area (Å²) in [6, 6.07) is 6.90. The highest BCUT2D eigenvalue weighted by Crippen LogP contribution is 2.40. The predicted octanol–water partition coefficient (Wildman–Crippen LogP) is 4.04. The highest BCUT2D eigenvalue weighted by molar-refractivity contribution is 7.99. The molecule has 0 saturated heterocycles. The van der Waals surface area contributed by atoms with E-state index in [1.54, 1.807) is 0 Å². The summed E-state index contributed by atoms with van der Waals surface area (Å²) in [5.41, 5.74) is 1.33. The predicted molar refractivity (Wildman–Crippen MR) is 72.3 cm³/mol. The molecular weight excluding hydrogens is 238 g/mol. The second kappa shape index (κ2) is 5.26. The van der Waals surface area contributed by atoms with Gasteiger partial charge in [-0.05, 0) is 30.7 Å². The maximum Gasteiger partial charge on any atom is 0.0545 e. The summed E-state index contributed by atoms with van der Waals surface area (Å²) in [6.45, 7) is 5.93. The molecule has 0 radical (unpaired) electrons. The maximum atomic E-state index is 6.21. The van der Waals surface area contributed by atoms with Crippen LogP contribution in [0.15, 0.2) is 35.7 Å². The highest BCUT2D eigenvalue weighted by atomic mass is 35.5. The number of nitrogens with one attached hydrogen (secondary N) is 1. The van der Waals surface area contributed by atoms with Crippen LogP contribution in [0.1, 0.15) is 24.9 Å². The first kappa shape index (κ1) is 12.0. The molecule has 1 aliphatic heterocycles. The van der Waals surface area contributed by atoms with Crippen molar-refractivity contribution in [2.24, 2.45) is 0 Å². The molecule has 2 unspecified atom stereocenters. The summed E-state index contributed by atoms with van der Waals surface area (Å²) >= 11 is 8.07. The summed E-state index contributed by atoms with van der Waals surface area (Å²) in [5, 5.41) is 4.44. The molecule has 0 saturated carbocycles. The number of hydrogen-bond donors (Lipinski definition) is 1. The second-order valence-corrected chi connectivity index (χ2v) is 5.55. The van der Waals surface area contributed by atoms with E-state index in [1.165, 1.54) is 10.5 Å². The Morgan fingerprint density at radius 3 is 3.19 bits per heavy atom. The average molecular weight is 254 g/mol. The Hall–Kier alpha value is -0.440. The normalized spacial score (nSPS) is 21.2. The standard InChI is InChI=1S/C13H16ClNS/c1-3-9(2)15-12-7-8-16-13-10(12)5-4-6-11(13)14/h3-6,9,12,15H,1,7-8H2,2H3. The summed E-state index contributed by atoms with van der Waals surface area (Å²) in [6.07, 6.45) is 3.09. The molecule has 3 heteroatoms. The van der Waals surface area contributed by atoms with Crippen molar-refractivity contribution in [3.05, 3.63) is 41.4 Å². The molecule has 0 aromatic heterocycles. The van der Waals surface area contributed by atoms with Gasteiger partial charge in [0.1, 0.15) is 0 Å². The van der Waals surface area contributed by atoms with Gasteiger partial charge in [-0.3, -0.25) is 0 Å². The molecule has 0 fully saturated rings. The SMILES string of the molecule is C=CC(C)NC1CCSc2c(Cl)cccc21. The Morgan fingerprint density at radius 2 is 2.44 bits per heavy atom. The zero-order valence-corrected chi connectivity index (χ0v) is 10.9. The van der Waals surface area contributed by atoms with E-state index in [1.807, 2.05) is 30.0 Å². The Kier molecular flexibility index (Phi) is 3.95. The first-order valence-electron chi connectivity index (χ1n) is 5.52. The van der Waals surface area contributed by atoms with Crippen LogP contribution in [-0.2, 0) is 0 Å². The van der Waals surface area contributed by atoms with Gasteiger partial charge in [0, 0.05) is 17.0 Å². The van der Waals surface area contributed by atoms with E-state index in [9.17, 15) is 0 Å². The average Bonchev–Trinajstić information content (AvgIpc) is 2.30. The number of hydrogen-bond acceptors (Lipinski definition) is 2. The van der Waals surface area contributed by atoms with E-state index in [-0.39, 0.29) is 0 Å². The minimum atomic E-state index is 0.333. The Morgan fingerprint density at radius 1 is 1.62 bits per heavy atom. The van der Waals surface area contributed by atoms with Crippen LogP contribution in [0.2, 0.25) is 5.02 Å². The number of halogens is 1. The van der Waals surface area contributed by atoms with Gasteiger partial charge in [0.05, 0.1) is 5.02 Å². The minimum Gasteiger partial charge on any atom is -0.304 e. The molecule has 1 aromatic rings. The number of benzene rings is 1. The van der Waals surface area contributed by atoms with Crippen LogP contribution >= 0.6 is 23.4 Å². The first-order chi connectivity index (χ1) is 7.72. The van der Waals surface area contributed by atoms with Crippen LogP contribution in [0.5, 0.6) is 0 Å². The lowest BCUT2D eigenvalue weighted by atomic mass is 10.0. The topological polar surface area (TPSA) is 12.0 Å². The van der Waals surface area contributed by atoms with Crippen molar-refractivity contribution < 1.29 is 0 Å². The first-order valence-corrected chi connectivity index (χ1v) is 6.88. The fraction of sp³-hybridized carbons (Fsp3) is 0.385. The highest BCUT2D eigenvalue weighted by Gasteiger charge is 2.22.